The van der Waals surface area contributed by atoms with E-state index in [0.717, 1.165) is 0 Å². The molecule has 0 aliphatic heterocycles. The third kappa shape index (κ3) is 1.25. The zero-order valence-corrected chi connectivity index (χ0v) is 9.85. The van der Waals surface area contributed by atoms with Crippen LogP contribution in [0.25, 0.3) is 0 Å². The van der Waals surface area contributed by atoms with E-state index in [2.05, 4.69) is 0 Å². The summed E-state index contributed by atoms with van der Waals surface area (Å²) in [7, 11) is -4.22. The Balaban J connectivity index is 2.72. The predicted octanol–water partition coefficient (Wildman–Crippen LogP) is 1.87. The fourth-order valence-electron chi connectivity index (χ4n) is 1.78. The minimum Gasteiger partial charge on any atom is -0.289 e. The maximum absolute atomic E-state index is 14.3. The minimum absolute atomic E-state index is 0.0374. The molecule has 0 heterocycles. The smallest absolute Gasteiger partial charge is 0.289 e. The molecule has 1 aliphatic rings. The highest BCUT2D eigenvalue weighted by Gasteiger charge is 2.60. The summed E-state index contributed by atoms with van der Waals surface area (Å²) in [6.45, 7) is 0. The zero-order chi connectivity index (χ0) is 12.1. The third-order valence-corrected chi connectivity index (χ3v) is 4.82. The van der Waals surface area contributed by atoms with E-state index < -0.39 is 26.0 Å². The van der Waals surface area contributed by atoms with Crippen molar-refractivity contribution in [1.82, 2.24) is 0 Å². The van der Waals surface area contributed by atoms with Crippen LogP contribution in [-0.4, -0.2) is 25.5 Å². The van der Waals surface area contributed by atoms with Gasteiger partial charge >= 0.3 is 0 Å². The van der Waals surface area contributed by atoms with Crippen LogP contribution in [0.4, 0.5) is 4.39 Å². The summed E-state index contributed by atoms with van der Waals surface area (Å²) in [6.07, 6.45) is 0.673. The van der Waals surface area contributed by atoms with E-state index in [4.69, 9.17) is 11.6 Å². The molecule has 0 aromatic heterocycles. The number of rotatable bonds is 1. The first kappa shape index (κ1) is 11.5. The highest BCUT2D eigenvalue weighted by molar-refractivity contribution is 7.92. The van der Waals surface area contributed by atoms with E-state index in [1.165, 1.54) is 18.2 Å². The van der Waals surface area contributed by atoms with Crippen molar-refractivity contribution in [3.63, 3.8) is 0 Å². The van der Waals surface area contributed by atoms with Crippen LogP contribution in [0.3, 0.4) is 0 Å². The van der Waals surface area contributed by atoms with E-state index in [0.29, 0.717) is 6.26 Å². The first-order chi connectivity index (χ1) is 7.30. The molecule has 3 nitrogen and oxygen atoms in total. The Morgan fingerprint density at radius 2 is 1.94 bits per heavy atom. The van der Waals surface area contributed by atoms with Crippen LogP contribution in [-0.2, 0) is 9.84 Å². The number of sulfone groups is 1. The van der Waals surface area contributed by atoms with Crippen LogP contribution in [0.1, 0.15) is 21.3 Å². The molecule has 2 unspecified atom stereocenters. The summed E-state index contributed by atoms with van der Waals surface area (Å²) >= 11 is 5.75. The number of Topliss-reactive ketones (excluding diaryl/α,β-unsaturated/α-hetero) is 1. The minimum atomic E-state index is -4.22. The van der Waals surface area contributed by atoms with Crippen LogP contribution in [0.15, 0.2) is 24.3 Å². The first-order valence-corrected chi connectivity index (χ1v) is 6.79. The van der Waals surface area contributed by atoms with Gasteiger partial charge in [0.05, 0.1) is 0 Å². The van der Waals surface area contributed by atoms with Crippen molar-refractivity contribution < 1.29 is 17.6 Å². The molecule has 1 aliphatic carbocycles. The first-order valence-electron chi connectivity index (χ1n) is 4.46. The number of carbonyl (C=O) groups excluding carboxylic acids is 1. The van der Waals surface area contributed by atoms with Gasteiger partial charge in [0, 0.05) is 11.8 Å². The lowest BCUT2D eigenvalue weighted by Crippen LogP contribution is -2.40. The van der Waals surface area contributed by atoms with Gasteiger partial charge in [-0.25, -0.2) is 12.8 Å². The third-order valence-electron chi connectivity index (χ3n) is 2.65. The second kappa shape index (κ2) is 3.28. The Labute approximate surface area is 97.1 Å². The highest BCUT2D eigenvalue weighted by Crippen LogP contribution is 2.48. The summed E-state index contributed by atoms with van der Waals surface area (Å²) < 4.78 is 37.1. The van der Waals surface area contributed by atoms with Crippen LogP contribution in [0.2, 0.25) is 0 Å². The van der Waals surface area contributed by atoms with E-state index in [1.54, 1.807) is 6.07 Å². The average Bonchev–Trinajstić information content (AvgIpc) is 2.42. The molecule has 0 amide bonds. The fraction of sp³-hybridized carbons (Fsp3) is 0.300. The Bertz CT molecular complexity index is 569. The number of fused-ring (bicyclic) bond motifs is 1. The lowest BCUT2D eigenvalue weighted by atomic mass is 10.1. The molecular formula is C10H8ClFO3S. The van der Waals surface area contributed by atoms with Crippen molar-refractivity contribution in [2.45, 2.75) is 10.4 Å². The van der Waals surface area contributed by atoms with Gasteiger partial charge in [0.2, 0.25) is 5.78 Å². The SMILES string of the molecule is CS(=O)(=O)C1(F)C(=O)c2ccccc2C1Cl. The number of ketones is 1. The molecule has 1 aromatic rings. The van der Waals surface area contributed by atoms with Gasteiger partial charge in [-0.1, -0.05) is 24.3 Å². The van der Waals surface area contributed by atoms with Crippen LogP contribution in [0.5, 0.6) is 0 Å². The van der Waals surface area contributed by atoms with Crippen LogP contribution >= 0.6 is 11.6 Å². The number of carbonyl (C=O) groups is 1. The number of hydrogen-bond acceptors (Lipinski definition) is 3. The van der Waals surface area contributed by atoms with Crippen molar-refractivity contribution in [2.75, 3.05) is 6.26 Å². The standard InChI is InChI=1S/C10H8ClFO3S/c1-16(14,15)10(12)8(11)6-4-2-3-5-7(6)9(10)13/h2-5,8H,1H3. The number of halogens is 2. The lowest BCUT2D eigenvalue weighted by molar-refractivity contribution is 0.0848. The summed E-state index contributed by atoms with van der Waals surface area (Å²) in [5.74, 6) is -1.08. The Kier molecular flexibility index (Phi) is 2.36. The van der Waals surface area contributed by atoms with E-state index in [9.17, 15) is 17.6 Å². The predicted molar refractivity (Wildman–Crippen MR) is 58.0 cm³/mol. The second-order valence-corrected chi connectivity index (χ2v) is 6.27. The van der Waals surface area contributed by atoms with Gasteiger partial charge in [0.15, 0.2) is 9.84 Å². The summed E-state index contributed by atoms with van der Waals surface area (Å²) in [5.41, 5.74) is 0.262. The molecule has 0 spiro atoms. The van der Waals surface area contributed by atoms with Crippen molar-refractivity contribution >= 4 is 27.2 Å². The molecular weight excluding hydrogens is 255 g/mol. The zero-order valence-electron chi connectivity index (χ0n) is 8.28. The Morgan fingerprint density at radius 1 is 1.38 bits per heavy atom. The van der Waals surface area contributed by atoms with Gasteiger partial charge in [0.25, 0.3) is 5.00 Å². The summed E-state index contributed by atoms with van der Waals surface area (Å²) in [6, 6.07) is 5.95. The molecule has 86 valence electrons. The molecule has 0 N–H and O–H groups in total. The van der Waals surface area contributed by atoms with Crippen LogP contribution < -0.4 is 0 Å². The topological polar surface area (TPSA) is 51.2 Å². The molecule has 1 aromatic carbocycles. The van der Waals surface area contributed by atoms with Gasteiger partial charge in [0.1, 0.15) is 5.38 Å². The lowest BCUT2D eigenvalue weighted by Gasteiger charge is -2.19. The van der Waals surface area contributed by atoms with E-state index >= 15 is 0 Å². The quantitative estimate of drug-likeness (QED) is 0.726. The normalized spacial score (nSPS) is 29.2. The number of hydrogen-bond donors (Lipinski definition) is 0. The molecule has 2 rings (SSSR count). The Morgan fingerprint density at radius 3 is 2.44 bits per heavy atom. The van der Waals surface area contributed by atoms with Crippen molar-refractivity contribution in [2.24, 2.45) is 0 Å². The van der Waals surface area contributed by atoms with Gasteiger partial charge in [-0.15, -0.1) is 11.6 Å². The van der Waals surface area contributed by atoms with Crippen molar-refractivity contribution in [3.8, 4) is 0 Å². The van der Waals surface area contributed by atoms with E-state index in [1.807, 2.05) is 0 Å². The number of alkyl halides is 2. The summed E-state index contributed by atoms with van der Waals surface area (Å²) in [5, 5.41) is -4.52. The largest absolute Gasteiger partial charge is 0.292 e. The molecule has 16 heavy (non-hydrogen) atoms. The maximum Gasteiger partial charge on any atom is 0.292 e. The van der Waals surface area contributed by atoms with Gasteiger partial charge < -0.3 is 0 Å². The molecule has 0 fully saturated rings. The molecule has 0 bridgehead atoms. The molecule has 2 atom stereocenters. The second-order valence-electron chi connectivity index (χ2n) is 3.70. The molecule has 0 saturated carbocycles. The average molecular weight is 263 g/mol. The molecule has 0 saturated heterocycles. The highest BCUT2D eigenvalue weighted by atomic mass is 35.5. The van der Waals surface area contributed by atoms with Crippen molar-refractivity contribution in [3.05, 3.63) is 35.4 Å². The Hall–Kier alpha value is -0.940. The van der Waals surface area contributed by atoms with E-state index in [-0.39, 0.29) is 11.1 Å². The number of benzene rings is 1. The maximum atomic E-state index is 14.3. The fourth-order valence-corrected chi connectivity index (χ4v) is 3.50. The van der Waals surface area contributed by atoms with Crippen LogP contribution in [0, 0.1) is 0 Å². The summed E-state index contributed by atoms with van der Waals surface area (Å²) in [4.78, 5) is 11.7. The monoisotopic (exact) mass is 262 g/mol. The van der Waals surface area contributed by atoms with Gasteiger partial charge in [-0.05, 0) is 5.56 Å². The van der Waals surface area contributed by atoms with Crippen molar-refractivity contribution in [1.29, 1.82) is 0 Å². The van der Waals surface area contributed by atoms with Gasteiger partial charge in [-0.3, -0.25) is 4.79 Å². The van der Waals surface area contributed by atoms with Gasteiger partial charge in [-0.2, -0.15) is 0 Å². The molecule has 0 radical (unpaired) electrons. The molecule has 6 heteroatoms.